The molecule has 1 aromatic heterocycles. The van der Waals surface area contributed by atoms with Gasteiger partial charge in [-0.05, 0) is 62.0 Å². The Bertz CT molecular complexity index is 1150. The number of methoxy groups -OCH3 is 1. The van der Waals surface area contributed by atoms with Crippen LogP contribution in [0.25, 0.3) is 10.9 Å². The highest BCUT2D eigenvalue weighted by atomic mass is 16.5. The van der Waals surface area contributed by atoms with Crippen molar-refractivity contribution in [3.8, 4) is 5.75 Å². The summed E-state index contributed by atoms with van der Waals surface area (Å²) >= 11 is 0. The van der Waals surface area contributed by atoms with Gasteiger partial charge in [-0.3, -0.25) is 4.79 Å². The number of aryl methyl sites for hydroxylation is 1. The number of nitrogens with one attached hydrogen (secondary N) is 2. The van der Waals surface area contributed by atoms with E-state index < -0.39 is 0 Å². The Morgan fingerprint density at radius 1 is 1.16 bits per heavy atom. The molecule has 0 atom stereocenters. The van der Waals surface area contributed by atoms with E-state index in [1.54, 1.807) is 24.1 Å². The van der Waals surface area contributed by atoms with Gasteiger partial charge in [-0.15, -0.1) is 0 Å². The van der Waals surface area contributed by atoms with Crippen LogP contribution < -0.4 is 15.6 Å². The zero-order chi connectivity index (χ0) is 22.5. The predicted molar refractivity (Wildman–Crippen MR) is 127 cm³/mol. The zero-order valence-electron chi connectivity index (χ0n) is 18.7. The number of nitrogens with zero attached hydrogens (tertiary/aromatic N) is 2. The van der Waals surface area contributed by atoms with E-state index in [0.717, 1.165) is 36.1 Å². The molecule has 1 fully saturated rings. The standard InChI is InChI=1S/C25H30N4O3/c1-18-8-7-9-19-16-20(24(30)27-23(18)19)17-29(15-14-28-12-5-6-13-28)25(31)26-21-10-3-4-11-22(21)32-2/h3-4,7-11,16H,5-6,12-15,17H2,1-2H3,(H,26,31)(H,27,30). The number of fused-ring (bicyclic) bond motifs is 1. The third-order valence-corrected chi connectivity index (χ3v) is 6.05. The van der Waals surface area contributed by atoms with Gasteiger partial charge >= 0.3 is 6.03 Å². The number of ether oxygens (including phenoxy) is 1. The van der Waals surface area contributed by atoms with E-state index in [2.05, 4.69) is 15.2 Å². The maximum absolute atomic E-state index is 13.2. The third kappa shape index (κ3) is 4.94. The Morgan fingerprint density at radius 3 is 2.72 bits per heavy atom. The number of urea groups is 1. The van der Waals surface area contributed by atoms with Gasteiger partial charge in [-0.2, -0.15) is 0 Å². The number of pyridine rings is 1. The highest BCUT2D eigenvalue weighted by Crippen LogP contribution is 2.24. The Morgan fingerprint density at radius 2 is 1.94 bits per heavy atom. The van der Waals surface area contributed by atoms with Crippen LogP contribution in [0.15, 0.2) is 53.3 Å². The van der Waals surface area contributed by atoms with Gasteiger partial charge in [-0.1, -0.05) is 30.3 Å². The molecule has 0 radical (unpaired) electrons. The quantitative estimate of drug-likeness (QED) is 0.590. The number of hydrogen-bond acceptors (Lipinski definition) is 4. The summed E-state index contributed by atoms with van der Waals surface area (Å²) in [6.45, 7) is 5.63. The summed E-state index contributed by atoms with van der Waals surface area (Å²) in [5.74, 6) is 0.597. The Kier molecular flexibility index (Phi) is 6.75. The number of aromatic amines is 1. The molecule has 0 bridgehead atoms. The molecule has 0 spiro atoms. The first-order chi connectivity index (χ1) is 15.5. The van der Waals surface area contributed by atoms with Crippen LogP contribution in [0.1, 0.15) is 24.0 Å². The number of carbonyl (C=O) groups excluding carboxylic acids is 1. The van der Waals surface area contributed by atoms with Crippen molar-refractivity contribution in [1.82, 2.24) is 14.8 Å². The molecule has 2 heterocycles. The largest absolute Gasteiger partial charge is 0.495 e. The maximum atomic E-state index is 13.2. The third-order valence-electron chi connectivity index (χ3n) is 6.05. The number of anilines is 1. The normalized spacial score (nSPS) is 13.9. The van der Waals surface area contributed by atoms with Crippen LogP contribution in [0.5, 0.6) is 5.75 Å². The molecule has 4 rings (SSSR count). The lowest BCUT2D eigenvalue weighted by Gasteiger charge is -2.26. The fourth-order valence-corrected chi connectivity index (χ4v) is 4.21. The molecule has 7 heteroatoms. The van der Waals surface area contributed by atoms with Crippen molar-refractivity contribution in [2.24, 2.45) is 0 Å². The summed E-state index contributed by atoms with van der Waals surface area (Å²) in [5, 5.41) is 3.92. The van der Waals surface area contributed by atoms with Crippen molar-refractivity contribution < 1.29 is 9.53 Å². The van der Waals surface area contributed by atoms with Gasteiger partial charge in [0.2, 0.25) is 0 Å². The lowest BCUT2D eigenvalue weighted by Crippen LogP contribution is -2.41. The summed E-state index contributed by atoms with van der Waals surface area (Å²) in [6.07, 6.45) is 2.38. The average Bonchev–Trinajstić information content (AvgIpc) is 3.31. The number of benzene rings is 2. The molecule has 7 nitrogen and oxygen atoms in total. The zero-order valence-corrected chi connectivity index (χ0v) is 18.7. The van der Waals surface area contributed by atoms with Crippen molar-refractivity contribution in [2.75, 3.05) is 38.6 Å². The van der Waals surface area contributed by atoms with Gasteiger partial charge in [0.1, 0.15) is 5.75 Å². The molecule has 0 aliphatic carbocycles. The van der Waals surface area contributed by atoms with Gasteiger partial charge < -0.3 is 24.8 Å². The predicted octanol–water partition coefficient (Wildman–Crippen LogP) is 3.98. The fourth-order valence-electron chi connectivity index (χ4n) is 4.21. The molecular formula is C25H30N4O3. The molecule has 2 N–H and O–H groups in total. The van der Waals surface area contributed by atoms with E-state index in [1.807, 2.05) is 43.3 Å². The van der Waals surface area contributed by atoms with Gasteiger partial charge in [0.15, 0.2) is 0 Å². The van der Waals surface area contributed by atoms with Crippen LogP contribution in [0, 0.1) is 6.92 Å². The van der Waals surface area contributed by atoms with Gasteiger partial charge in [0.05, 0.1) is 24.9 Å². The summed E-state index contributed by atoms with van der Waals surface area (Å²) in [4.78, 5) is 33.1. The van der Waals surface area contributed by atoms with Crippen LogP contribution in [0.4, 0.5) is 10.5 Å². The van der Waals surface area contributed by atoms with E-state index in [4.69, 9.17) is 4.74 Å². The number of aromatic nitrogens is 1. The molecule has 1 saturated heterocycles. The van der Waals surface area contributed by atoms with E-state index in [-0.39, 0.29) is 18.1 Å². The lowest BCUT2D eigenvalue weighted by molar-refractivity contribution is 0.197. The summed E-state index contributed by atoms with van der Waals surface area (Å²) < 4.78 is 5.37. The Labute approximate surface area is 188 Å². The first-order valence-electron chi connectivity index (χ1n) is 11.1. The second kappa shape index (κ2) is 9.87. The van der Waals surface area contributed by atoms with Crippen molar-refractivity contribution >= 4 is 22.6 Å². The number of carbonyl (C=O) groups is 1. The van der Waals surface area contributed by atoms with E-state index >= 15 is 0 Å². The van der Waals surface area contributed by atoms with Crippen LogP contribution in [0.3, 0.4) is 0 Å². The SMILES string of the molecule is COc1ccccc1NC(=O)N(CCN1CCCC1)Cc1cc2cccc(C)c2[nH]c1=O. The number of amides is 2. The smallest absolute Gasteiger partial charge is 0.322 e. The van der Waals surface area contributed by atoms with Crippen LogP contribution in [-0.4, -0.2) is 54.1 Å². The molecule has 32 heavy (non-hydrogen) atoms. The maximum Gasteiger partial charge on any atom is 0.322 e. The van der Waals surface area contributed by atoms with E-state index in [1.165, 1.54) is 12.8 Å². The average molecular weight is 435 g/mol. The van der Waals surface area contributed by atoms with Gasteiger partial charge in [0.25, 0.3) is 5.56 Å². The van der Waals surface area contributed by atoms with Crippen molar-refractivity contribution in [3.63, 3.8) is 0 Å². The van der Waals surface area contributed by atoms with Crippen LogP contribution in [-0.2, 0) is 6.54 Å². The summed E-state index contributed by atoms with van der Waals surface area (Å²) in [5.41, 5.74) is 2.87. The Hall–Kier alpha value is -3.32. The second-order valence-electron chi connectivity index (χ2n) is 8.26. The summed E-state index contributed by atoms with van der Waals surface area (Å²) in [7, 11) is 1.58. The minimum Gasteiger partial charge on any atom is -0.495 e. The molecule has 0 saturated carbocycles. The molecular weight excluding hydrogens is 404 g/mol. The molecule has 2 amide bonds. The number of rotatable bonds is 7. The highest BCUT2D eigenvalue weighted by Gasteiger charge is 2.20. The first kappa shape index (κ1) is 21.9. The minimum absolute atomic E-state index is 0.164. The summed E-state index contributed by atoms with van der Waals surface area (Å²) in [6, 6.07) is 14.9. The number of hydrogen-bond donors (Lipinski definition) is 2. The van der Waals surface area contributed by atoms with Crippen molar-refractivity contribution in [1.29, 1.82) is 0 Å². The molecule has 1 aliphatic rings. The highest BCUT2D eigenvalue weighted by molar-refractivity contribution is 5.91. The second-order valence-corrected chi connectivity index (χ2v) is 8.26. The molecule has 1 aliphatic heterocycles. The van der Waals surface area contributed by atoms with Crippen LogP contribution >= 0.6 is 0 Å². The topological polar surface area (TPSA) is 77.7 Å². The number of H-pyrrole nitrogens is 1. The Balaban J connectivity index is 1.58. The first-order valence-corrected chi connectivity index (χ1v) is 11.1. The van der Waals surface area contributed by atoms with E-state index in [9.17, 15) is 9.59 Å². The van der Waals surface area contributed by atoms with Crippen LogP contribution in [0.2, 0.25) is 0 Å². The lowest BCUT2D eigenvalue weighted by atomic mass is 10.1. The fraction of sp³-hybridized carbons (Fsp3) is 0.360. The van der Waals surface area contributed by atoms with E-state index in [0.29, 0.717) is 23.5 Å². The molecule has 168 valence electrons. The van der Waals surface area contributed by atoms with Gasteiger partial charge in [-0.25, -0.2) is 4.79 Å². The van der Waals surface area contributed by atoms with Crippen molar-refractivity contribution in [2.45, 2.75) is 26.3 Å². The number of likely N-dealkylation sites (tertiary alicyclic amines) is 1. The van der Waals surface area contributed by atoms with Crippen molar-refractivity contribution in [3.05, 3.63) is 70.0 Å². The molecule has 0 unspecified atom stereocenters. The number of para-hydroxylation sites is 3. The minimum atomic E-state index is -0.252. The molecule has 2 aromatic carbocycles. The van der Waals surface area contributed by atoms with Gasteiger partial charge in [0, 0.05) is 18.7 Å². The monoisotopic (exact) mass is 434 g/mol. The molecule has 3 aromatic rings.